The topological polar surface area (TPSA) is 57.8 Å². The van der Waals surface area contributed by atoms with E-state index in [0.29, 0.717) is 12.3 Å². The molecule has 150 valence electrons. The number of hydrogen-bond acceptors (Lipinski definition) is 2. The van der Waals surface area contributed by atoms with Crippen molar-refractivity contribution in [3.63, 3.8) is 0 Å². The van der Waals surface area contributed by atoms with Gasteiger partial charge >= 0.3 is 0 Å². The summed E-state index contributed by atoms with van der Waals surface area (Å²) in [6.45, 7) is 3.05. The summed E-state index contributed by atoms with van der Waals surface area (Å²) in [6, 6.07) is 0. The van der Waals surface area contributed by atoms with Crippen molar-refractivity contribution in [2.24, 2.45) is 23.7 Å². The molecule has 4 fully saturated rings. The molecule has 1 heterocycles. The second kappa shape index (κ2) is 8.79. The Morgan fingerprint density at radius 1 is 1.07 bits per heavy atom. The highest BCUT2D eigenvalue weighted by molar-refractivity contribution is 5.76. The van der Waals surface area contributed by atoms with Crippen LogP contribution < -0.4 is 5.32 Å². The summed E-state index contributed by atoms with van der Waals surface area (Å²) in [5.41, 5.74) is 1.14. The van der Waals surface area contributed by atoms with Crippen LogP contribution in [0.1, 0.15) is 95.0 Å². The maximum Gasteiger partial charge on any atom is 0.220 e. The molecular formula is C23H37N3O. The summed E-state index contributed by atoms with van der Waals surface area (Å²) in [4.78, 5) is 20.4. The van der Waals surface area contributed by atoms with Gasteiger partial charge in [0, 0.05) is 30.8 Å². The van der Waals surface area contributed by atoms with Crippen molar-refractivity contribution >= 4 is 5.91 Å². The Labute approximate surface area is 164 Å². The van der Waals surface area contributed by atoms with Crippen LogP contribution in [-0.2, 0) is 11.2 Å². The summed E-state index contributed by atoms with van der Waals surface area (Å²) in [5, 5.41) is 3.07. The maximum absolute atomic E-state index is 12.1. The minimum atomic E-state index is 0.177. The number of aromatic amines is 1. The molecule has 0 aromatic carbocycles. The lowest BCUT2D eigenvalue weighted by Gasteiger charge is -2.53. The normalized spacial score (nSPS) is 31.4. The third-order valence-corrected chi connectivity index (χ3v) is 7.41. The van der Waals surface area contributed by atoms with Crippen molar-refractivity contribution in [1.82, 2.24) is 15.3 Å². The Bertz CT molecular complexity index is 595. The van der Waals surface area contributed by atoms with Crippen molar-refractivity contribution in [2.45, 2.75) is 89.9 Å². The number of nitrogens with one attached hydrogen (secondary N) is 2. The third kappa shape index (κ3) is 4.57. The van der Waals surface area contributed by atoms with E-state index in [1.54, 1.807) is 0 Å². The lowest BCUT2D eigenvalue weighted by atomic mass is 9.52. The standard InChI is InChI=1S/C23H37N3O/c1-2-3-4-5-6-9-24-21(27)8-7-20-15-25-23(26-20)22-18-11-16-10-17(13-18)14-19(22)12-16/h15-19,22H,2-14H2,1H3,(H,24,27)(H,25,26). The van der Waals surface area contributed by atoms with E-state index in [-0.39, 0.29) is 5.91 Å². The summed E-state index contributed by atoms with van der Waals surface area (Å²) in [7, 11) is 0. The highest BCUT2D eigenvalue weighted by Crippen LogP contribution is 2.59. The Balaban J connectivity index is 1.20. The monoisotopic (exact) mass is 371 g/mol. The van der Waals surface area contributed by atoms with Crippen molar-refractivity contribution in [1.29, 1.82) is 0 Å². The number of amides is 1. The molecule has 4 saturated carbocycles. The highest BCUT2D eigenvalue weighted by Gasteiger charge is 2.49. The predicted molar refractivity (Wildman–Crippen MR) is 108 cm³/mol. The molecule has 27 heavy (non-hydrogen) atoms. The molecule has 0 radical (unpaired) electrons. The van der Waals surface area contributed by atoms with E-state index >= 15 is 0 Å². The molecule has 4 aliphatic carbocycles. The molecule has 0 spiro atoms. The number of nitrogens with zero attached hydrogens (tertiary/aromatic N) is 1. The molecule has 0 unspecified atom stereocenters. The van der Waals surface area contributed by atoms with E-state index in [1.807, 2.05) is 6.20 Å². The van der Waals surface area contributed by atoms with Crippen LogP contribution in [0.4, 0.5) is 0 Å². The van der Waals surface area contributed by atoms with Crippen LogP contribution in [0.25, 0.3) is 0 Å². The Morgan fingerprint density at radius 3 is 2.48 bits per heavy atom. The van der Waals surface area contributed by atoms with Crippen LogP contribution in [0.2, 0.25) is 0 Å². The van der Waals surface area contributed by atoms with Crippen molar-refractivity contribution in [2.75, 3.05) is 6.54 Å². The van der Waals surface area contributed by atoms with Gasteiger partial charge in [-0.3, -0.25) is 4.79 Å². The van der Waals surface area contributed by atoms with Crippen molar-refractivity contribution in [3.8, 4) is 0 Å². The van der Waals surface area contributed by atoms with Gasteiger partial charge in [-0.05, 0) is 68.6 Å². The Morgan fingerprint density at radius 2 is 1.78 bits per heavy atom. The maximum atomic E-state index is 12.1. The molecule has 0 saturated heterocycles. The number of carbonyl (C=O) groups excluding carboxylic acids is 1. The van der Waals surface area contributed by atoms with E-state index in [9.17, 15) is 4.79 Å². The Hall–Kier alpha value is -1.32. The lowest BCUT2D eigenvalue weighted by molar-refractivity contribution is -0.121. The number of unbranched alkanes of at least 4 members (excludes halogenated alkanes) is 4. The molecule has 4 nitrogen and oxygen atoms in total. The first-order chi connectivity index (χ1) is 13.2. The number of carbonyl (C=O) groups is 1. The van der Waals surface area contributed by atoms with Gasteiger partial charge in [-0.1, -0.05) is 32.6 Å². The van der Waals surface area contributed by atoms with Gasteiger partial charge in [0.05, 0.1) is 0 Å². The van der Waals surface area contributed by atoms with E-state index < -0.39 is 0 Å². The average molecular weight is 372 g/mol. The first kappa shape index (κ1) is 19.0. The number of aromatic nitrogens is 2. The summed E-state index contributed by atoms with van der Waals surface area (Å²) < 4.78 is 0. The second-order valence-corrected chi connectivity index (χ2v) is 9.51. The van der Waals surface area contributed by atoms with Crippen molar-refractivity contribution < 1.29 is 4.79 Å². The third-order valence-electron chi connectivity index (χ3n) is 7.41. The van der Waals surface area contributed by atoms with Crippen LogP contribution in [0.3, 0.4) is 0 Å². The fourth-order valence-corrected chi connectivity index (χ4v) is 6.34. The van der Waals surface area contributed by atoms with Gasteiger partial charge in [-0.2, -0.15) is 0 Å². The van der Waals surface area contributed by atoms with Crippen LogP contribution in [-0.4, -0.2) is 22.4 Å². The van der Waals surface area contributed by atoms with Gasteiger partial charge in [-0.25, -0.2) is 4.98 Å². The van der Waals surface area contributed by atoms with E-state index in [0.717, 1.165) is 48.8 Å². The predicted octanol–water partition coefficient (Wildman–Crippen LogP) is 4.97. The zero-order valence-corrected chi connectivity index (χ0v) is 17.0. The van der Waals surface area contributed by atoms with Gasteiger partial charge in [0.25, 0.3) is 0 Å². The molecule has 5 rings (SSSR count). The quantitative estimate of drug-likeness (QED) is 0.571. The molecule has 0 atom stereocenters. The van der Waals surface area contributed by atoms with Gasteiger partial charge < -0.3 is 10.3 Å². The number of imidazole rings is 1. The largest absolute Gasteiger partial charge is 0.356 e. The zero-order valence-electron chi connectivity index (χ0n) is 17.0. The van der Waals surface area contributed by atoms with Crippen LogP contribution in [0.5, 0.6) is 0 Å². The first-order valence-corrected chi connectivity index (χ1v) is 11.5. The highest BCUT2D eigenvalue weighted by atomic mass is 16.1. The molecule has 2 N–H and O–H groups in total. The molecule has 4 heteroatoms. The molecule has 4 aliphatic rings. The molecule has 4 bridgehead atoms. The molecule has 1 aromatic heterocycles. The minimum Gasteiger partial charge on any atom is -0.356 e. The van der Waals surface area contributed by atoms with E-state index in [4.69, 9.17) is 4.98 Å². The summed E-state index contributed by atoms with van der Waals surface area (Å²) in [5.74, 6) is 5.77. The summed E-state index contributed by atoms with van der Waals surface area (Å²) >= 11 is 0. The van der Waals surface area contributed by atoms with Crippen LogP contribution >= 0.6 is 0 Å². The Kier molecular flexibility index (Phi) is 6.19. The first-order valence-electron chi connectivity index (χ1n) is 11.5. The van der Waals surface area contributed by atoms with Crippen LogP contribution in [0, 0.1) is 23.7 Å². The smallest absolute Gasteiger partial charge is 0.220 e. The van der Waals surface area contributed by atoms with Crippen molar-refractivity contribution in [3.05, 3.63) is 17.7 Å². The zero-order chi connectivity index (χ0) is 18.6. The van der Waals surface area contributed by atoms with Gasteiger partial charge in [-0.15, -0.1) is 0 Å². The SMILES string of the molecule is CCCCCCCNC(=O)CCc1cnc(C2C3CC4CC(C3)CC2C4)[nH]1. The lowest BCUT2D eigenvalue weighted by Crippen LogP contribution is -2.44. The second-order valence-electron chi connectivity index (χ2n) is 9.51. The van der Waals surface area contributed by atoms with Gasteiger partial charge in [0.1, 0.15) is 5.82 Å². The molecule has 1 amide bonds. The fourth-order valence-electron chi connectivity index (χ4n) is 6.34. The number of H-pyrrole nitrogens is 1. The number of hydrogen-bond donors (Lipinski definition) is 2. The van der Waals surface area contributed by atoms with E-state index in [2.05, 4.69) is 17.2 Å². The van der Waals surface area contributed by atoms with Gasteiger partial charge in [0.2, 0.25) is 5.91 Å². The molecular weight excluding hydrogens is 334 g/mol. The fraction of sp³-hybridized carbons (Fsp3) is 0.826. The minimum absolute atomic E-state index is 0.177. The van der Waals surface area contributed by atoms with Gasteiger partial charge in [0.15, 0.2) is 0 Å². The van der Waals surface area contributed by atoms with Crippen LogP contribution in [0.15, 0.2) is 6.20 Å². The average Bonchev–Trinajstić information content (AvgIpc) is 3.11. The molecule has 0 aliphatic heterocycles. The van der Waals surface area contributed by atoms with E-state index in [1.165, 1.54) is 63.6 Å². The summed E-state index contributed by atoms with van der Waals surface area (Å²) in [6.07, 6.45) is 16.7. The number of rotatable bonds is 10. The number of aryl methyl sites for hydroxylation is 1. The molecule has 1 aromatic rings.